The molecule has 0 radical (unpaired) electrons. The summed E-state index contributed by atoms with van der Waals surface area (Å²) in [6.45, 7) is 6.80. The Kier molecular flexibility index (Phi) is 5.43. The van der Waals surface area contributed by atoms with Gasteiger partial charge in [-0.25, -0.2) is 0 Å². The molecule has 1 fully saturated rings. The van der Waals surface area contributed by atoms with Gasteiger partial charge in [0.2, 0.25) is 5.91 Å². The van der Waals surface area contributed by atoms with Gasteiger partial charge in [0, 0.05) is 50.7 Å². The number of morpholine rings is 1. The molecule has 0 spiro atoms. The van der Waals surface area contributed by atoms with Crippen molar-refractivity contribution in [1.29, 1.82) is 0 Å². The van der Waals surface area contributed by atoms with Crippen LogP contribution >= 0.6 is 0 Å². The molecule has 1 unspecified atom stereocenters. The summed E-state index contributed by atoms with van der Waals surface area (Å²) in [5.41, 5.74) is 2.11. The molecule has 1 aromatic heterocycles. The van der Waals surface area contributed by atoms with Gasteiger partial charge < -0.3 is 9.64 Å². The summed E-state index contributed by atoms with van der Waals surface area (Å²) in [6, 6.07) is 10.2. The van der Waals surface area contributed by atoms with Crippen LogP contribution < -0.4 is 0 Å². The summed E-state index contributed by atoms with van der Waals surface area (Å²) >= 11 is 0. The van der Waals surface area contributed by atoms with Gasteiger partial charge in [0.15, 0.2) is 0 Å². The van der Waals surface area contributed by atoms with E-state index in [2.05, 4.69) is 22.0 Å². The normalized spacial score (nSPS) is 16.9. The fourth-order valence-electron chi connectivity index (χ4n) is 3.20. The van der Waals surface area contributed by atoms with E-state index in [4.69, 9.17) is 4.74 Å². The summed E-state index contributed by atoms with van der Waals surface area (Å²) in [6.07, 6.45) is 1.80. The summed E-state index contributed by atoms with van der Waals surface area (Å²) in [7, 11) is 1.88. The first-order valence-corrected chi connectivity index (χ1v) is 8.52. The maximum Gasteiger partial charge on any atom is 0.226 e. The minimum Gasteiger partial charge on any atom is -0.379 e. The van der Waals surface area contributed by atoms with Crippen LogP contribution in [0.25, 0.3) is 10.9 Å². The molecule has 1 atom stereocenters. The van der Waals surface area contributed by atoms with Gasteiger partial charge in [-0.15, -0.1) is 0 Å². The smallest absolute Gasteiger partial charge is 0.226 e. The molecule has 1 aliphatic rings. The van der Waals surface area contributed by atoms with Crippen molar-refractivity contribution in [3.63, 3.8) is 0 Å². The van der Waals surface area contributed by atoms with Crippen LogP contribution in [-0.2, 0) is 16.1 Å². The largest absolute Gasteiger partial charge is 0.379 e. The van der Waals surface area contributed by atoms with E-state index in [-0.39, 0.29) is 11.8 Å². The third-order valence-electron chi connectivity index (χ3n) is 4.52. The molecule has 0 saturated carbocycles. The Labute approximate surface area is 143 Å². The number of carbonyl (C=O) groups is 1. The van der Waals surface area contributed by atoms with Crippen molar-refractivity contribution in [2.45, 2.75) is 13.5 Å². The zero-order chi connectivity index (χ0) is 16.9. The summed E-state index contributed by atoms with van der Waals surface area (Å²) < 4.78 is 5.36. The van der Waals surface area contributed by atoms with Crippen LogP contribution in [0, 0.1) is 5.92 Å². The lowest BCUT2D eigenvalue weighted by molar-refractivity contribution is -0.135. The van der Waals surface area contributed by atoms with Crippen molar-refractivity contribution < 1.29 is 9.53 Å². The first-order valence-electron chi connectivity index (χ1n) is 8.52. The number of fused-ring (bicyclic) bond motifs is 1. The monoisotopic (exact) mass is 327 g/mol. The van der Waals surface area contributed by atoms with Crippen molar-refractivity contribution in [3.8, 4) is 0 Å². The third-order valence-corrected chi connectivity index (χ3v) is 4.52. The van der Waals surface area contributed by atoms with Crippen molar-refractivity contribution in [2.24, 2.45) is 5.92 Å². The van der Waals surface area contributed by atoms with E-state index in [0.717, 1.165) is 49.3 Å². The van der Waals surface area contributed by atoms with Crippen molar-refractivity contribution in [1.82, 2.24) is 14.8 Å². The quantitative estimate of drug-likeness (QED) is 0.844. The predicted molar refractivity (Wildman–Crippen MR) is 94.6 cm³/mol. The van der Waals surface area contributed by atoms with Gasteiger partial charge in [-0.3, -0.25) is 14.7 Å². The molecule has 0 bridgehead atoms. The average Bonchev–Trinajstić information content (AvgIpc) is 2.61. The Morgan fingerprint density at radius 1 is 1.33 bits per heavy atom. The number of aromatic nitrogens is 1. The molecule has 5 heteroatoms. The second kappa shape index (κ2) is 7.73. The van der Waals surface area contributed by atoms with Crippen LogP contribution in [0.1, 0.15) is 12.5 Å². The van der Waals surface area contributed by atoms with Crippen LogP contribution in [-0.4, -0.2) is 60.6 Å². The second-order valence-electron chi connectivity index (χ2n) is 6.54. The topological polar surface area (TPSA) is 45.7 Å². The summed E-state index contributed by atoms with van der Waals surface area (Å²) in [5, 5.41) is 1.11. The Morgan fingerprint density at radius 2 is 2.12 bits per heavy atom. The molecule has 0 aliphatic carbocycles. The zero-order valence-electron chi connectivity index (χ0n) is 14.4. The van der Waals surface area contributed by atoms with E-state index in [9.17, 15) is 4.79 Å². The first kappa shape index (κ1) is 16.9. The third kappa shape index (κ3) is 4.10. The van der Waals surface area contributed by atoms with Gasteiger partial charge in [0.25, 0.3) is 0 Å². The summed E-state index contributed by atoms with van der Waals surface area (Å²) in [5.74, 6) is 0.183. The molecule has 1 amide bonds. The molecular formula is C19H25N3O2. The predicted octanol–water partition coefficient (Wildman–Crippen LogP) is 2.16. The van der Waals surface area contributed by atoms with E-state index < -0.39 is 0 Å². The number of rotatable bonds is 5. The lowest BCUT2D eigenvalue weighted by Crippen LogP contribution is -2.43. The van der Waals surface area contributed by atoms with E-state index in [1.165, 1.54) is 0 Å². The minimum atomic E-state index is -0.00442. The van der Waals surface area contributed by atoms with Crippen LogP contribution in [0.4, 0.5) is 0 Å². The molecule has 128 valence electrons. The van der Waals surface area contributed by atoms with Crippen LogP contribution in [0.15, 0.2) is 36.5 Å². The molecule has 3 rings (SSSR count). The van der Waals surface area contributed by atoms with E-state index in [1.54, 1.807) is 6.20 Å². The van der Waals surface area contributed by atoms with Crippen LogP contribution in [0.3, 0.4) is 0 Å². The van der Waals surface area contributed by atoms with Crippen molar-refractivity contribution in [3.05, 3.63) is 42.1 Å². The van der Waals surface area contributed by atoms with Gasteiger partial charge in [-0.2, -0.15) is 0 Å². The Morgan fingerprint density at radius 3 is 2.92 bits per heavy atom. The second-order valence-corrected chi connectivity index (χ2v) is 6.54. The summed E-state index contributed by atoms with van der Waals surface area (Å²) in [4.78, 5) is 21.1. The molecule has 2 heterocycles. The van der Waals surface area contributed by atoms with Gasteiger partial charge in [0.1, 0.15) is 0 Å². The van der Waals surface area contributed by atoms with Crippen LogP contribution in [0.5, 0.6) is 0 Å². The van der Waals surface area contributed by atoms with Gasteiger partial charge in [-0.05, 0) is 23.8 Å². The van der Waals surface area contributed by atoms with E-state index in [0.29, 0.717) is 6.54 Å². The number of amides is 1. The fraction of sp³-hybridized carbons (Fsp3) is 0.474. The van der Waals surface area contributed by atoms with Crippen molar-refractivity contribution >= 4 is 16.8 Å². The van der Waals surface area contributed by atoms with E-state index in [1.807, 2.05) is 37.1 Å². The van der Waals surface area contributed by atoms with Crippen molar-refractivity contribution in [2.75, 3.05) is 39.9 Å². The lowest BCUT2D eigenvalue weighted by Gasteiger charge is -2.30. The van der Waals surface area contributed by atoms with E-state index >= 15 is 0 Å². The van der Waals surface area contributed by atoms with Gasteiger partial charge >= 0.3 is 0 Å². The number of hydrogen-bond acceptors (Lipinski definition) is 4. The number of hydrogen-bond donors (Lipinski definition) is 0. The van der Waals surface area contributed by atoms with Gasteiger partial charge in [0.05, 0.1) is 18.7 Å². The number of carbonyl (C=O) groups excluding carboxylic acids is 1. The SMILES string of the molecule is CC(CN1CCOCC1)C(=O)N(C)Cc1ccc2ncccc2c1. The number of ether oxygens (including phenoxy) is 1. The Hall–Kier alpha value is -1.98. The highest BCUT2D eigenvalue weighted by Crippen LogP contribution is 2.15. The van der Waals surface area contributed by atoms with Gasteiger partial charge in [-0.1, -0.05) is 19.1 Å². The molecule has 24 heavy (non-hydrogen) atoms. The maximum absolute atomic E-state index is 12.6. The number of nitrogens with zero attached hydrogens (tertiary/aromatic N) is 3. The Bertz CT molecular complexity index is 698. The lowest BCUT2D eigenvalue weighted by atomic mass is 10.1. The zero-order valence-corrected chi connectivity index (χ0v) is 14.4. The molecule has 1 saturated heterocycles. The first-order chi connectivity index (χ1) is 11.6. The average molecular weight is 327 g/mol. The standard InChI is InChI=1S/C19H25N3O2/c1-15(13-22-8-10-24-11-9-22)19(23)21(2)14-16-5-6-18-17(12-16)4-3-7-20-18/h3-7,12,15H,8-11,13-14H2,1-2H3. The Balaban J connectivity index is 1.59. The minimum absolute atomic E-state index is 0.00442. The molecule has 0 N–H and O–H groups in total. The molecule has 2 aromatic rings. The number of benzene rings is 1. The van der Waals surface area contributed by atoms with Crippen LogP contribution in [0.2, 0.25) is 0 Å². The highest BCUT2D eigenvalue weighted by Gasteiger charge is 2.21. The fourth-order valence-corrected chi connectivity index (χ4v) is 3.20. The highest BCUT2D eigenvalue weighted by molar-refractivity contribution is 5.80. The molecule has 5 nitrogen and oxygen atoms in total. The number of pyridine rings is 1. The highest BCUT2D eigenvalue weighted by atomic mass is 16.5. The maximum atomic E-state index is 12.6. The molecule has 1 aliphatic heterocycles. The molecule has 1 aromatic carbocycles. The molecular weight excluding hydrogens is 302 g/mol.